The van der Waals surface area contributed by atoms with Crippen LogP contribution >= 0.6 is 11.3 Å². The molecule has 10 heteroatoms. The number of aromatic nitrogens is 2. The van der Waals surface area contributed by atoms with Gasteiger partial charge in [-0.15, -0.1) is 10.2 Å². The zero-order valence-corrected chi connectivity index (χ0v) is 14.3. The first-order valence-corrected chi connectivity index (χ1v) is 8.52. The molecule has 25 heavy (non-hydrogen) atoms. The van der Waals surface area contributed by atoms with Gasteiger partial charge in [0.05, 0.1) is 6.54 Å². The number of benzene rings is 1. The monoisotopic (exact) mass is 363 g/mol. The third-order valence-electron chi connectivity index (χ3n) is 3.23. The quantitative estimate of drug-likeness (QED) is 0.720. The lowest BCUT2D eigenvalue weighted by molar-refractivity contribution is 0.102. The molecule has 0 unspecified atom stereocenters. The highest BCUT2D eigenvalue weighted by atomic mass is 32.1. The van der Waals surface area contributed by atoms with Crippen LogP contribution in [0.5, 0.6) is 11.5 Å². The summed E-state index contributed by atoms with van der Waals surface area (Å²) in [5.74, 6) is 0.847. The third kappa shape index (κ3) is 4.35. The van der Waals surface area contributed by atoms with Crippen molar-refractivity contribution in [3.05, 3.63) is 28.2 Å². The average Bonchev–Trinajstić information content (AvgIpc) is 3.26. The lowest BCUT2D eigenvalue weighted by Crippen LogP contribution is -2.35. The molecule has 1 aromatic heterocycles. The minimum Gasteiger partial charge on any atom is -0.454 e. The summed E-state index contributed by atoms with van der Waals surface area (Å²) in [6.07, 6.45) is 0.858. The molecule has 0 saturated carbocycles. The van der Waals surface area contributed by atoms with Gasteiger partial charge in [-0.2, -0.15) is 0 Å². The van der Waals surface area contributed by atoms with E-state index in [1.807, 2.05) is 6.92 Å². The summed E-state index contributed by atoms with van der Waals surface area (Å²) < 4.78 is 10.5. The van der Waals surface area contributed by atoms with Gasteiger partial charge in [-0.3, -0.25) is 4.79 Å². The largest absolute Gasteiger partial charge is 0.454 e. The molecule has 1 aromatic carbocycles. The zero-order valence-electron chi connectivity index (χ0n) is 13.5. The van der Waals surface area contributed by atoms with Crippen molar-refractivity contribution in [2.24, 2.45) is 0 Å². The van der Waals surface area contributed by atoms with E-state index in [1.54, 1.807) is 18.2 Å². The average molecular weight is 363 g/mol. The molecule has 2 heterocycles. The summed E-state index contributed by atoms with van der Waals surface area (Å²) in [4.78, 5) is 23.7. The van der Waals surface area contributed by atoms with E-state index in [2.05, 4.69) is 26.1 Å². The van der Waals surface area contributed by atoms with Crippen molar-refractivity contribution in [2.75, 3.05) is 18.7 Å². The second kappa shape index (κ2) is 7.79. The molecule has 3 rings (SSSR count). The van der Waals surface area contributed by atoms with Gasteiger partial charge >= 0.3 is 6.03 Å². The number of rotatable bonds is 6. The summed E-state index contributed by atoms with van der Waals surface area (Å²) in [5.41, 5.74) is 0.572. The number of anilines is 1. The van der Waals surface area contributed by atoms with Crippen LogP contribution in [0.1, 0.15) is 28.2 Å². The number of amides is 3. The van der Waals surface area contributed by atoms with Crippen LogP contribution in [-0.4, -0.2) is 35.5 Å². The molecular weight excluding hydrogens is 346 g/mol. The van der Waals surface area contributed by atoms with Crippen LogP contribution in [0.3, 0.4) is 0 Å². The number of carbonyl (C=O) groups is 2. The maximum absolute atomic E-state index is 12.2. The predicted octanol–water partition coefficient (Wildman–Crippen LogP) is 1.73. The minimum absolute atomic E-state index is 0.172. The van der Waals surface area contributed by atoms with Crippen molar-refractivity contribution in [1.82, 2.24) is 20.8 Å². The number of urea groups is 1. The molecule has 0 spiro atoms. The fraction of sp³-hybridized carbons (Fsp3) is 0.333. The number of nitrogens with one attached hydrogen (secondary N) is 3. The van der Waals surface area contributed by atoms with Gasteiger partial charge in [-0.1, -0.05) is 18.3 Å². The van der Waals surface area contributed by atoms with Gasteiger partial charge < -0.3 is 25.4 Å². The van der Waals surface area contributed by atoms with Crippen LogP contribution in [0.2, 0.25) is 0 Å². The molecule has 1 aliphatic heterocycles. The van der Waals surface area contributed by atoms with E-state index >= 15 is 0 Å². The molecule has 0 radical (unpaired) electrons. The van der Waals surface area contributed by atoms with Crippen molar-refractivity contribution in [2.45, 2.75) is 19.9 Å². The molecule has 0 fully saturated rings. The van der Waals surface area contributed by atoms with Crippen molar-refractivity contribution < 1.29 is 19.1 Å². The van der Waals surface area contributed by atoms with Crippen molar-refractivity contribution in [3.63, 3.8) is 0 Å². The fourth-order valence-corrected chi connectivity index (χ4v) is 2.71. The lowest BCUT2D eigenvalue weighted by atomic mass is 10.3. The van der Waals surface area contributed by atoms with E-state index in [0.29, 0.717) is 28.7 Å². The zero-order chi connectivity index (χ0) is 17.6. The Morgan fingerprint density at radius 3 is 2.88 bits per heavy atom. The molecule has 3 amide bonds. The van der Waals surface area contributed by atoms with Crippen LogP contribution in [0.25, 0.3) is 0 Å². The summed E-state index contributed by atoms with van der Waals surface area (Å²) in [5, 5.41) is 16.6. The summed E-state index contributed by atoms with van der Waals surface area (Å²) in [7, 11) is 0. The Hall–Kier alpha value is -2.88. The van der Waals surface area contributed by atoms with E-state index in [0.717, 1.165) is 17.8 Å². The van der Waals surface area contributed by atoms with Gasteiger partial charge in [0.15, 0.2) is 11.5 Å². The van der Waals surface area contributed by atoms with Gasteiger partial charge in [0.2, 0.25) is 11.8 Å². The first-order valence-electron chi connectivity index (χ1n) is 7.71. The topological polar surface area (TPSA) is 114 Å². The highest BCUT2D eigenvalue weighted by Crippen LogP contribution is 2.34. The Morgan fingerprint density at radius 2 is 2.04 bits per heavy atom. The molecule has 132 valence electrons. The second-order valence-electron chi connectivity index (χ2n) is 5.13. The van der Waals surface area contributed by atoms with Crippen LogP contribution < -0.4 is 25.4 Å². The number of hydrogen-bond donors (Lipinski definition) is 3. The van der Waals surface area contributed by atoms with Crippen molar-refractivity contribution in [1.29, 1.82) is 0 Å². The first-order chi connectivity index (χ1) is 12.2. The van der Waals surface area contributed by atoms with Gasteiger partial charge in [0.1, 0.15) is 5.01 Å². The molecule has 3 N–H and O–H groups in total. The van der Waals surface area contributed by atoms with E-state index in [4.69, 9.17) is 9.47 Å². The number of fused-ring (bicyclic) bond motifs is 1. The predicted molar refractivity (Wildman–Crippen MR) is 91.0 cm³/mol. The Labute approximate surface area is 147 Å². The van der Waals surface area contributed by atoms with Gasteiger partial charge in [0, 0.05) is 18.3 Å². The maximum atomic E-state index is 12.2. The molecule has 0 bridgehead atoms. The lowest BCUT2D eigenvalue weighted by Gasteiger charge is -2.04. The van der Waals surface area contributed by atoms with Crippen molar-refractivity contribution >= 4 is 29.0 Å². The molecule has 0 saturated heterocycles. The van der Waals surface area contributed by atoms with E-state index in [-0.39, 0.29) is 30.3 Å². The number of hydrogen-bond acceptors (Lipinski definition) is 7. The van der Waals surface area contributed by atoms with Gasteiger partial charge in [-0.25, -0.2) is 4.79 Å². The number of nitrogens with zero attached hydrogens (tertiary/aromatic N) is 2. The molecule has 0 aliphatic carbocycles. The molecular formula is C15H17N5O4S. The third-order valence-corrected chi connectivity index (χ3v) is 4.15. The van der Waals surface area contributed by atoms with Crippen LogP contribution in [0.15, 0.2) is 18.2 Å². The summed E-state index contributed by atoms with van der Waals surface area (Å²) >= 11 is 1.12. The molecule has 2 aromatic rings. The highest BCUT2D eigenvalue weighted by molar-refractivity contribution is 7.13. The van der Waals surface area contributed by atoms with Crippen LogP contribution in [0.4, 0.5) is 10.5 Å². The molecule has 0 atom stereocenters. The van der Waals surface area contributed by atoms with Crippen molar-refractivity contribution in [3.8, 4) is 11.5 Å². The van der Waals surface area contributed by atoms with Gasteiger partial charge in [0.25, 0.3) is 5.91 Å². The van der Waals surface area contributed by atoms with E-state index < -0.39 is 0 Å². The van der Waals surface area contributed by atoms with E-state index in [9.17, 15) is 9.59 Å². The Bertz CT molecular complexity index is 779. The van der Waals surface area contributed by atoms with Gasteiger partial charge in [-0.05, 0) is 18.6 Å². The standard InChI is InChI=1S/C15H17N5O4S/c1-2-5-16-15(22)17-7-12-19-20-14(25-12)13(21)18-9-3-4-10-11(6-9)24-8-23-10/h3-4,6H,2,5,7-8H2,1H3,(H,18,21)(H2,16,17,22). The highest BCUT2D eigenvalue weighted by Gasteiger charge is 2.17. The van der Waals surface area contributed by atoms with E-state index in [1.165, 1.54) is 0 Å². The number of carbonyl (C=O) groups excluding carboxylic acids is 2. The van der Waals surface area contributed by atoms with Crippen LogP contribution in [0, 0.1) is 0 Å². The smallest absolute Gasteiger partial charge is 0.315 e. The minimum atomic E-state index is -0.377. The maximum Gasteiger partial charge on any atom is 0.315 e. The Morgan fingerprint density at radius 1 is 1.20 bits per heavy atom. The number of ether oxygens (including phenoxy) is 2. The van der Waals surface area contributed by atoms with Crippen LogP contribution in [-0.2, 0) is 6.54 Å². The normalized spacial score (nSPS) is 11.9. The summed E-state index contributed by atoms with van der Waals surface area (Å²) in [6.45, 7) is 2.96. The molecule has 1 aliphatic rings. The summed E-state index contributed by atoms with van der Waals surface area (Å²) in [6, 6.07) is 4.85. The molecule has 9 nitrogen and oxygen atoms in total. The second-order valence-corrected chi connectivity index (χ2v) is 6.19. The Kier molecular flexibility index (Phi) is 5.29. The SMILES string of the molecule is CCCNC(=O)NCc1nnc(C(=O)Nc2ccc3c(c2)OCO3)s1. The first kappa shape index (κ1) is 17.0. The Balaban J connectivity index is 1.54. The fourth-order valence-electron chi connectivity index (χ4n) is 2.03.